The van der Waals surface area contributed by atoms with Crippen LogP contribution in [-0.2, 0) is 4.79 Å². The van der Waals surface area contributed by atoms with Crippen LogP contribution < -0.4 is 10.2 Å². The number of aryl methyl sites for hydroxylation is 1. The molecule has 0 saturated heterocycles. The van der Waals surface area contributed by atoms with Gasteiger partial charge in [0.05, 0.1) is 11.4 Å². The summed E-state index contributed by atoms with van der Waals surface area (Å²) in [7, 11) is 0. The van der Waals surface area contributed by atoms with Crippen LogP contribution in [0.25, 0.3) is 0 Å². The fourth-order valence-electron chi connectivity index (χ4n) is 2.27. The van der Waals surface area contributed by atoms with E-state index in [2.05, 4.69) is 5.32 Å². The fourth-order valence-corrected chi connectivity index (χ4v) is 2.27. The number of fused-ring (bicyclic) bond motifs is 1. The average Bonchev–Trinajstić information content (AvgIpc) is 2.46. The van der Waals surface area contributed by atoms with Crippen LogP contribution in [-0.4, -0.2) is 18.4 Å². The molecule has 0 saturated carbocycles. The van der Waals surface area contributed by atoms with Gasteiger partial charge in [-0.1, -0.05) is 29.8 Å². The van der Waals surface area contributed by atoms with E-state index in [-0.39, 0.29) is 18.4 Å². The zero-order chi connectivity index (χ0) is 14.1. The molecule has 0 spiro atoms. The van der Waals surface area contributed by atoms with Gasteiger partial charge in [-0.2, -0.15) is 0 Å². The SMILES string of the molecule is Cc1ccc(C(=O)N2CC(=O)Nc3ccccc32)cc1. The van der Waals surface area contributed by atoms with Crippen molar-refractivity contribution in [1.29, 1.82) is 0 Å². The number of carbonyl (C=O) groups excluding carboxylic acids is 2. The topological polar surface area (TPSA) is 49.4 Å². The Morgan fingerprint density at radius 2 is 1.80 bits per heavy atom. The van der Waals surface area contributed by atoms with Crippen molar-refractivity contribution < 1.29 is 9.59 Å². The summed E-state index contributed by atoms with van der Waals surface area (Å²) in [5, 5.41) is 2.77. The molecule has 3 rings (SSSR count). The highest BCUT2D eigenvalue weighted by Crippen LogP contribution is 2.29. The van der Waals surface area contributed by atoms with Crippen LogP contribution in [0, 0.1) is 6.92 Å². The molecule has 4 heteroatoms. The van der Waals surface area contributed by atoms with Crippen LogP contribution in [0.1, 0.15) is 15.9 Å². The minimum atomic E-state index is -0.177. The Morgan fingerprint density at radius 1 is 1.10 bits per heavy atom. The lowest BCUT2D eigenvalue weighted by Gasteiger charge is -2.29. The van der Waals surface area contributed by atoms with Gasteiger partial charge >= 0.3 is 0 Å². The molecule has 0 radical (unpaired) electrons. The number of rotatable bonds is 1. The number of nitrogens with one attached hydrogen (secondary N) is 1. The maximum atomic E-state index is 12.6. The van der Waals surface area contributed by atoms with Crippen molar-refractivity contribution in [2.75, 3.05) is 16.8 Å². The molecular weight excluding hydrogens is 252 g/mol. The maximum Gasteiger partial charge on any atom is 0.258 e. The first-order valence-electron chi connectivity index (χ1n) is 6.42. The Balaban J connectivity index is 1.99. The summed E-state index contributed by atoms with van der Waals surface area (Å²) >= 11 is 0. The molecule has 1 aliphatic heterocycles. The third-order valence-electron chi connectivity index (χ3n) is 3.31. The van der Waals surface area contributed by atoms with Crippen molar-refractivity contribution in [1.82, 2.24) is 0 Å². The lowest BCUT2D eigenvalue weighted by molar-refractivity contribution is -0.115. The predicted octanol–water partition coefficient (Wildman–Crippen LogP) is 2.59. The van der Waals surface area contributed by atoms with Crippen LogP contribution >= 0.6 is 0 Å². The van der Waals surface area contributed by atoms with Crippen LogP contribution in [0.2, 0.25) is 0 Å². The second-order valence-corrected chi connectivity index (χ2v) is 4.82. The highest BCUT2D eigenvalue weighted by atomic mass is 16.2. The van der Waals surface area contributed by atoms with Crippen molar-refractivity contribution in [3.05, 3.63) is 59.7 Å². The molecule has 2 aromatic rings. The van der Waals surface area contributed by atoms with Crippen LogP contribution in [0.15, 0.2) is 48.5 Å². The minimum Gasteiger partial charge on any atom is -0.323 e. The van der Waals surface area contributed by atoms with E-state index < -0.39 is 0 Å². The van der Waals surface area contributed by atoms with E-state index in [9.17, 15) is 9.59 Å². The largest absolute Gasteiger partial charge is 0.323 e. The van der Waals surface area contributed by atoms with Crippen molar-refractivity contribution >= 4 is 23.2 Å². The summed E-state index contributed by atoms with van der Waals surface area (Å²) < 4.78 is 0. The normalized spacial score (nSPS) is 13.7. The molecule has 0 aromatic heterocycles. The van der Waals surface area contributed by atoms with Gasteiger partial charge in [-0.05, 0) is 31.2 Å². The van der Waals surface area contributed by atoms with Crippen LogP contribution in [0.3, 0.4) is 0 Å². The van der Waals surface area contributed by atoms with E-state index in [0.29, 0.717) is 11.3 Å². The summed E-state index contributed by atoms with van der Waals surface area (Å²) in [5.41, 5.74) is 3.08. The van der Waals surface area contributed by atoms with E-state index in [0.717, 1.165) is 11.3 Å². The molecule has 100 valence electrons. The average molecular weight is 266 g/mol. The van der Waals surface area contributed by atoms with Gasteiger partial charge in [0, 0.05) is 5.56 Å². The lowest BCUT2D eigenvalue weighted by Crippen LogP contribution is -2.42. The molecule has 1 heterocycles. The number of benzene rings is 2. The van der Waals surface area contributed by atoms with Crippen LogP contribution in [0.4, 0.5) is 11.4 Å². The highest BCUT2D eigenvalue weighted by Gasteiger charge is 2.27. The summed E-state index contributed by atoms with van der Waals surface area (Å²) in [5.74, 6) is -0.337. The Bertz CT molecular complexity index is 677. The van der Waals surface area contributed by atoms with Gasteiger partial charge < -0.3 is 5.32 Å². The third-order valence-corrected chi connectivity index (χ3v) is 3.31. The molecule has 0 unspecified atom stereocenters. The van der Waals surface area contributed by atoms with Gasteiger partial charge in [-0.25, -0.2) is 0 Å². The van der Waals surface area contributed by atoms with Gasteiger partial charge in [0.15, 0.2) is 0 Å². The number of amides is 2. The fraction of sp³-hybridized carbons (Fsp3) is 0.125. The predicted molar refractivity (Wildman–Crippen MR) is 77.9 cm³/mol. The zero-order valence-corrected chi connectivity index (χ0v) is 11.1. The second kappa shape index (κ2) is 4.81. The molecule has 1 aliphatic rings. The molecule has 0 fully saturated rings. The number of hydrogen-bond acceptors (Lipinski definition) is 2. The van der Waals surface area contributed by atoms with Gasteiger partial charge in [0.25, 0.3) is 5.91 Å². The lowest BCUT2D eigenvalue weighted by atomic mass is 10.1. The molecule has 0 atom stereocenters. The van der Waals surface area contributed by atoms with E-state index in [1.165, 1.54) is 4.90 Å². The number of para-hydroxylation sites is 2. The van der Waals surface area contributed by atoms with Crippen molar-refractivity contribution in [2.45, 2.75) is 6.92 Å². The summed E-state index contributed by atoms with van der Waals surface area (Å²) in [4.78, 5) is 25.8. The smallest absolute Gasteiger partial charge is 0.258 e. The summed E-state index contributed by atoms with van der Waals surface area (Å²) in [6, 6.07) is 14.7. The van der Waals surface area contributed by atoms with Gasteiger partial charge in [0.2, 0.25) is 5.91 Å². The number of anilines is 2. The van der Waals surface area contributed by atoms with E-state index in [4.69, 9.17) is 0 Å². The molecule has 0 bridgehead atoms. The molecule has 0 aliphatic carbocycles. The Labute approximate surface area is 117 Å². The number of nitrogens with zero attached hydrogens (tertiary/aromatic N) is 1. The molecule has 1 N–H and O–H groups in total. The molecule has 2 aromatic carbocycles. The van der Waals surface area contributed by atoms with E-state index in [1.54, 1.807) is 18.2 Å². The van der Waals surface area contributed by atoms with Gasteiger partial charge in [-0.15, -0.1) is 0 Å². The van der Waals surface area contributed by atoms with Crippen molar-refractivity contribution in [3.8, 4) is 0 Å². The second-order valence-electron chi connectivity index (χ2n) is 4.82. The highest BCUT2D eigenvalue weighted by molar-refractivity contribution is 6.15. The third kappa shape index (κ3) is 2.16. The van der Waals surface area contributed by atoms with E-state index >= 15 is 0 Å². The monoisotopic (exact) mass is 266 g/mol. The number of carbonyl (C=O) groups is 2. The Morgan fingerprint density at radius 3 is 2.55 bits per heavy atom. The van der Waals surface area contributed by atoms with Crippen LogP contribution in [0.5, 0.6) is 0 Å². The van der Waals surface area contributed by atoms with Crippen molar-refractivity contribution in [2.24, 2.45) is 0 Å². The zero-order valence-electron chi connectivity index (χ0n) is 11.1. The van der Waals surface area contributed by atoms with Crippen molar-refractivity contribution in [3.63, 3.8) is 0 Å². The van der Waals surface area contributed by atoms with Gasteiger partial charge in [0.1, 0.15) is 6.54 Å². The molecule has 20 heavy (non-hydrogen) atoms. The summed E-state index contributed by atoms with van der Waals surface area (Å²) in [6.45, 7) is 2.02. The summed E-state index contributed by atoms with van der Waals surface area (Å²) in [6.07, 6.45) is 0. The van der Waals surface area contributed by atoms with Gasteiger partial charge in [-0.3, -0.25) is 14.5 Å². The first kappa shape index (κ1) is 12.4. The standard InChI is InChI=1S/C16H14N2O2/c1-11-6-8-12(9-7-11)16(20)18-10-15(19)17-13-4-2-3-5-14(13)18/h2-9H,10H2,1H3,(H,17,19). The minimum absolute atomic E-state index is 0.0454. The first-order valence-corrected chi connectivity index (χ1v) is 6.42. The molecular formula is C16H14N2O2. The molecule has 4 nitrogen and oxygen atoms in total. The molecule has 2 amide bonds. The quantitative estimate of drug-likeness (QED) is 0.862. The van der Waals surface area contributed by atoms with E-state index in [1.807, 2.05) is 37.3 Å². The maximum absolute atomic E-state index is 12.6. The Kier molecular flexibility index (Phi) is 2.99. The number of hydrogen-bond donors (Lipinski definition) is 1. The first-order chi connectivity index (χ1) is 9.65. The Hall–Kier alpha value is -2.62.